The average molecular weight is 797 g/mol. The lowest BCUT2D eigenvalue weighted by atomic mass is 9.91. The molecule has 0 bridgehead atoms. The normalized spacial score (nSPS) is 11.5. The maximum Gasteiger partial charge on any atom is 0.158 e. The van der Waals surface area contributed by atoms with E-state index in [1.54, 1.807) is 72.8 Å². The molecular formula is C52H30F6N2. The second kappa shape index (κ2) is 14.7. The number of anilines is 6. The first kappa shape index (κ1) is 36.7. The molecule has 0 radical (unpaired) electrons. The van der Waals surface area contributed by atoms with Gasteiger partial charge in [0.2, 0.25) is 0 Å². The molecule has 8 heteroatoms. The van der Waals surface area contributed by atoms with Gasteiger partial charge in [0, 0.05) is 33.3 Å². The van der Waals surface area contributed by atoms with Crippen LogP contribution in [0.2, 0.25) is 0 Å². The van der Waals surface area contributed by atoms with E-state index in [1.165, 1.54) is 82.6 Å². The van der Waals surface area contributed by atoms with E-state index in [-0.39, 0.29) is 22.5 Å². The Bertz CT molecular complexity index is 2990. The zero-order chi connectivity index (χ0) is 41.1. The van der Waals surface area contributed by atoms with Gasteiger partial charge in [0.25, 0.3) is 0 Å². The van der Waals surface area contributed by atoms with Gasteiger partial charge in [-0.15, -0.1) is 0 Å². The summed E-state index contributed by atoms with van der Waals surface area (Å²) < 4.78 is 95.3. The highest BCUT2D eigenvalue weighted by Gasteiger charge is 2.29. The van der Waals surface area contributed by atoms with Crippen molar-refractivity contribution in [2.24, 2.45) is 0 Å². The van der Waals surface area contributed by atoms with Crippen LogP contribution in [-0.2, 0) is 0 Å². The van der Waals surface area contributed by atoms with Gasteiger partial charge in [-0.1, -0.05) is 97.1 Å². The van der Waals surface area contributed by atoms with Gasteiger partial charge in [0.1, 0.15) is 34.6 Å². The fourth-order valence-electron chi connectivity index (χ4n) is 8.29. The fraction of sp³-hybridized carbons (Fsp3) is 0. The van der Waals surface area contributed by atoms with Crippen LogP contribution in [0.5, 0.6) is 0 Å². The summed E-state index contributed by atoms with van der Waals surface area (Å²) in [7, 11) is 0. The number of halogens is 6. The molecule has 0 N–H and O–H groups in total. The highest BCUT2D eigenvalue weighted by atomic mass is 19.2. The molecule has 0 heterocycles. The minimum absolute atomic E-state index is 0.179. The van der Waals surface area contributed by atoms with Gasteiger partial charge in [0.05, 0.1) is 11.4 Å². The van der Waals surface area contributed by atoms with Gasteiger partial charge in [-0.3, -0.25) is 0 Å². The van der Waals surface area contributed by atoms with E-state index in [9.17, 15) is 8.78 Å². The van der Waals surface area contributed by atoms with E-state index in [0.717, 1.165) is 21.5 Å². The van der Waals surface area contributed by atoms with E-state index < -0.39 is 34.9 Å². The van der Waals surface area contributed by atoms with Crippen molar-refractivity contribution in [3.63, 3.8) is 0 Å². The van der Waals surface area contributed by atoms with Crippen LogP contribution in [0.25, 0.3) is 54.6 Å². The summed E-state index contributed by atoms with van der Waals surface area (Å²) >= 11 is 0. The Morgan fingerprint density at radius 1 is 0.317 bits per heavy atom. The first-order chi connectivity index (χ1) is 29.3. The Labute approximate surface area is 340 Å². The van der Waals surface area contributed by atoms with Crippen molar-refractivity contribution in [2.75, 3.05) is 9.80 Å². The lowest BCUT2D eigenvalue weighted by Gasteiger charge is -2.30. The largest absolute Gasteiger partial charge is 0.305 e. The Morgan fingerprint density at radius 2 is 0.683 bits per heavy atom. The first-order valence-corrected chi connectivity index (χ1v) is 19.2. The van der Waals surface area contributed by atoms with Gasteiger partial charge in [0.15, 0.2) is 11.6 Å². The van der Waals surface area contributed by atoms with Crippen LogP contribution in [0.1, 0.15) is 0 Å². The van der Waals surface area contributed by atoms with Crippen LogP contribution < -0.4 is 9.80 Å². The van der Waals surface area contributed by atoms with Gasteiger partial charge in [-0.25, -0.2) is 26.3 Å². The average Bonchev–Trinajstić information content (AvgIpc) is 3.27. The molecule has 0 aliphatic heterocycles. The Hall–Kier alpha value is -7.58. The molecule has 0 fully saturated rings. The van der Waals surface area contributed by atoms with Crippen molar-refractivity contribution in [3.8, 4) is 22.3 Å². The van der Waals surface area contributed by atoms with Crippen molar-refractivity contribution < 1.29 is 26.3 Å². The van der Waals surface area contributed by atoms with Crippen molar-refractivity contribution in [3.05, 3.63) is 217 Å². The third kappa shape index (κ3) is 6.07. The third-order valence-electron chi connectivity index (χ3n) is 11.0. The molecule has 0 amide bonds. The molecule has 0 saturated carbocycles. The molecular weight excluding hydrogens is 767 g/mol. The molecule has 290 valence electrons. The molecule has 10 rings (SSSR count). The summed E-state index contributed by atoms with van der Waals surface area (Å²) in [4.78, 5) is 2.90. The van der Waals surface area contributed by atoms with E-state index >= 15 is 17.6 Å². The molecule has 0 spiro atoms. The quantitative estimate of drug-likeness (QED) is 0.112. The summed E-state index contributed by atoms with van der Waals surface area (Å²) in [6.45, 7) is 0. The maximum atomic E-state index is 17.0. The summed E-state index contributed by atoms with van der Waals surface area (Å²) in [5.74, 6) is -4.32. The highest BCUT2D eigenvalue weighted by molar-refractivity contribution is 6.28. The summed E-state index contributed by atoms with van der Waals surface area (Å²) in [5.41, 5.74) is 2.16. The molecule has 2 nitrogen and oxygen atoms in total. The van der Waals surface area contributed by atoms with Crippen LogP contribution >= 0.6 is 0 Å². The zero-order valence-electron chi connectivity index (χ0n) is 31.5. The Balaban J connectivity index is 1.24. The molecule has 60 heavy (non-hydrogen) atoms. The third-order valence-corrected chi connectivity index (χ3v) is 11.0. The fourth-order valence-corrected chi connectivity index (χ4v) is 8.29. The molecule has 0 atom stereocenters. The zero-order valence-corrected chi connectivity index (χ0v) is 31.5. The Morgan fingerprint density at radius 3 is 1.07 bits per heavy atom. The summed E-state index contributed by atoms with van der Waals surface area (Å²) in [6, 6.07) is 48.4. The van der Waals surface area contributed by atoms with Crippen molar-refractivity contribution >= 4 is 66.4 Å². The van der Waals surface area contributed by atoms with Crippen LogP contribution in [0, 0.1) is 34.9 Å². The van der Waals surface area contributed by atoms with Crippen LogP contribution in [0.3, 0.4) is 0 Å². The van der Waals surface area contributed by atoms with Crippen molar-refractivity contribution in [1.29, 1.82) is 0 Å². The molecule has 0 unspecified atom stereocenters. The van der Waals surface area contributed by atoms with Gasteiger partial charge in [-0.2, -0.15) is 0 Å². The van der Waals surface area contributed by atoms with Gasteiger partial charge < -0.3 is 9.80 Å². The second-order valence-electron chi connectivity index (χ2n) is 14.5. The highest BCUT2D eigenvalue weighted by Crippen LogP contribution is 2.50. The maximum absolute atomic E-state index is 17.0. The smallest absolute Gasteiger partial charge is 0.158 e. The standard InChI is InChI=1S/C52H30F6N2/c53-35-15-19-37(20-16-35)59(51-43(55)27-25-39(49(51)57)31-7-3-1-4-8-31)45-29-13-33-12-24-42-46(30-14-34-11-23-41(45)47(33)48(34)42)60(38-21-17-36(54)18-22-38)52-44(56)28-26-40(50(52)58)32-9-5-2-6-10-32/h1-30H. The molecule has 0 aromatic heterocycles. The predicted octanol–water partition coefficient (Wildman–Crippen LogP) is 15.7. The van der Waals surface area contributed by atoms with Crippen molar-refractivity contribution in [2.45, 2.75) is 0 Å². The van der Waals surface area contributed by atoms with E-state index in [1.807, 2.05) is 36.4 Å². The van der Waals surface area contributed by atoms with E-state index in [4.69, 9.17) is 0 Å². The van der Waals surface area contributed by atoms with Gasteiger partial charge >= 0.3 is 0 Å². The molecule has 0 aliphatic carbocycles. The number of hydrogen-bond acceptors (Lipinski definition) is 2. The first-order valence-electron chi connectivity index (χ1n) is 19.2. The van der Waals surface area contributed by atoms with Crippen molar-refractivity contribution in [1.82, 2.24) is 0 Å². The summed E-state index contributed by atoms with van der Waals surface area (Å²) in [5, 5.41) is 4.22. The predicted molar refractivity (Wildman–Crippen MR) is 230 cm³/mol. The van der Waals surface area contributed by atoms with Gasteiger partial charge in [-0.05, 0) is 118 Å². The Kier molecular flexibility index (Phi) is 8.98. The van der Waals surface area contributed by atoms with Crippen LogP contribution in [-0.4, -0.2) is 0 Å². The number of nitrogens with zero attached hydrogens (tertiary/aromatic N) is 2. The minimum atomic E-state index is -0.832. The number of rotatable bonds is 8. The lowest BCUT2D eigenvalue weighted by molar-refractivity contribution is 0.587. The lowest BCUT2D eigenvalue weighted by Crippen LogP contribution is -2.15. The van der Waals surface area contributed by atoms with Crippen LogP contribution in [0.15, 0.2) is 182 Å². The SMILES string of the molecule is Fc1ccc(N(c2c(F)ccc(-c3ccccc3)c2F)c2ccc3ccc4c(N(c5ccc(F)cc5)c5c(F)ccc(-c6ccccc6)c5F)ccc5ccc2c3c54)cc1. The monoisotopic (exact) mass is 796 g/mol. The molecule has 10 aromatic rings. The summed E-state index contributed by atoms with van der Waals surface area (Å²) in [6.07, 6.45) is 0. The number of hydrogen-bond donors (Lipinski definition) is 0. The van der Waals surface area contributed by atoms with E-state index in [0.29, 0.717) is 44.6 Å². The second-order valence-corrected chi connectivity index (χ2v) is 14.5. The minimum Gasteiger partial charge on any atom is -0.305 e. The van der Waals surface area contributed by atoms with Crippen LogP contribution in [0.4, 0.5) is 60.5 Å². The molecule has 0 saturated heterocycles. The van der Waals surface area contributed by atoms with E-state index in [2.05, 4.69) is 0 Å². The number of benzene rings is 10. The molecule has 10 aromatic carbocycles. The molecule has 0 aliphatic rings. The topological polar surface area (TPSA) is 6.48 Å².